The van der Waals surface area contributed by atoms with Gasteiger partial charge in [-0.1, -0.05) is 6.92 Å². The molecule has 3 atom stereocenters. The van der Waals surface area contributed by atoms with Crippen molar-refractivity contribution in [2.24, 2.45) is 11.7 Å². The van der Waals surface area contributed by atoms with Crippen LogP contribution in [0, 0.1) is 5.92 Å². The number of carbonyl (C=O) groups is 1. The molecule has 0 aromatic carbocycles. The molecule has 4 nitrogen and oxygen atoms in total. The molecule has 1 heterocycles. The van der Waals surface area contributed by atoms with Gasteiger partial charge in [0, 0.05) is 13.0 Å². The molecule has 4 heteroatoms. The number of furan rings is 1. The lowest BCUT2D eigenvalue weighted by molar-refractivity contribution is -0.131. The molecule has 1 aliphatic carbocycles. The first kappa shape index (κ1) is 12.2. The third-order valence-corrected chi connectivity index (χ3v) is 3.32. The van der Waals surface area contributed by atoms with Crippen molar-refractivity contribution in [2.75, 3.05) is 7.05 Å². The molecule has 1 aromatic heterocycles. The van der Waals surface area contributed by atoms with Gasteiger partial charge >= 0.3 is 0 Å². The summed E-state index contributed by atoms with van der Waals surface area (Å²) in [5.74, 6) is 3.13. The SMILES string of the molecule is CC(N)C(=O)N(C)Cc1ccc(C2CC2C)o1. The third kappa shape index (κ3) is 2.69. The van der Waals surface area contributed by atoms with Gasteiger partial charge in [0.25, 0.3) is 0 Å². The molecule has 1 saturated carbocycles. The normalized spacial score (nSPS) is 24.5. The largest absolute Gasteiger partial charge is 0.464 e. The van der Waals surface area contributed by atoms with Gasteiger partial charge in [-0.25, -0.2) is 0 Å². The number of hydrogen-bond donors (Lipinski definition) is 1. The summed E-state index contributed by atoms with van der Waals surface area (Å²) < 4.78 is 5.74. The van der Waals surface area contributed by atoms with Crippen molar-refractivity contribution in [3.8, 4) is 0 Å². The van der Waals surface area contributed by atoms with Crippen LogP contribution >= 0.6 is 0 Å². The second-order valence-electron chi connectivity index (χ2n) is 5.11. The Balaban J connectivity index is 1.95. The van der Waals surface area contributed by atoms with E-state index < -0.39 is 6.04 Å². The van der Waals surface area contributed by atoms with Crippen molar-refractivity contribution in [1.29, 1.82) is 0 Å². The van der Waals surface area contributed by atoms with Crippen LogP contribution < -0.4 is 5.73 Å². The number of carbonyl (C=O) groups excluding carboxylic acids is 1. The van der Waals surface area contributed by atoms with Gasteiger partial charge < -0.3 is 15.1 Å². The van der Waals surface area contributed by atoms with Gasteiger partial charge in [0.15, 0.2) is 0 Å². The molecular formula is C13H20N2O2. The number of rotatable bonds is 4. The Hall–Kier alpha value is -1.29. The quantitative estimate of drug-likeness (QED) is 0.865. The summed E-state index contributed by atoms with van der Waals surface area (Å²) in [5.41, 5.74) is 5.55. The summed E-state index contributed by atoms with van der Waals surface area (Å²) >= 11 is 0. The van der Waals surface area contributed by atoms with Gasteiger partial charge in [0.2, 0.25) is 5.91 Å². The summed E-state index contributed by atoms with van der Waals surface area (Å²) in [6, 6.07) is 3.51. The zero-order valence-electron chi connectivity index (χ0n) is 10.6. The number of hydrogen-bond acceptors (Lipinski definition) is 3. The molecule has 2 N–H and O–H groups in total. The number of nitrogens with zero attached hydrogens (tertiary/aromatic N) is 1. The van der Waals surface area contributed by atoms with Crippen LogP contribution in [0.3, 0.4) is 0 Å². The standard InChI is InChI=1S/C13H20N2O2/c1-8-6-11(8)12-5-4-10(17-12)7-15(3)13(16)9(2)14/h4-5,8-9,11H,6-7,14H2,1-3H3. The fourth-order valence-electron chi connectivity index (χ4n) is 2.06. The highest BCUT2D eigenvalue weighted by Gasteiger charge is 2.36. The molecule has 94 valence electrons. The van der Waals surface area contributed by atoms with Crippen molar-refractivity contribution in [2.45, 2.75) is 38.8 Å². The minimum Gasteiger partial charge on any atom is -0.464 e. The monoisotopic (exact) mass is 236 g/mol. The van der Waals surface area contributed by atoms with E-state index in [4.69, 9.17) is 10.2 Å². The Morgan fingerprint density at radius 3 is 2.82 bits per heavy atom. The first-order valence-electron chi connectivity index (χ1n) is 6.08. The predicted molar refractivity (Wildman–Crippen MR) is 65.4 cm³/mol. The van der Waals surface area contributed by atoms with Crippen molar-refractivity contribution in [3.63, 3.8) is 0 Å². The van der Waals surface area contributed by atoms with Crippen LogP contribution in [0.15, 0.2) is 16.5 Å². The molecule has 1 amide bonds. The van der Waals surface area contributed by atoms with E-state index in [1.54, 1.807) is 18.9 Å². The van der Waals surface area contributed by atoms with E-state index in [0.29, 0.717) is 12.5 Å². The van der Waals surface area contributed by atoms with E-state index in [9.17, 15) is 4.79 Å². The van der Waals surface area contributed by atoms with Crippen LogP contribution in [0.2, 0.25) is 0 Å². The summed E-state index contributed by atoms with van der Waals surface area (Å²) in [4.78, 5) is 13.2. The van der Waals surface area contributed by atoms with Crippen LogP contribution in [0.4, 0.5) is 0 Å². The van der Waals surface area contributed by atoms with E-state index in [1.165, 1.54) is 6.42 Å². The second kappa shape index (κ2) is 4.53. The van der Waals surface area contributed by atoms with E-state index in [-0.39, 0.29) is 5.91 Å². The van der Waals surface area contributed by atoms with Gasteiger partial charge in [-0.05, 0) is 31.4 Å². The number of nitrogens with two attached hydrogens (primary N) is 1. The van der Waals surface area contributed by atoms with Gasteiger partial charge in [-0.2, -0.15) is 0 Å². The molecule has 1 fully saturated rings. The molecule has 0 bridgehead atoms. The third-order valence-electron chi connectivity index (χ3n) is 3.32. The smallest absolute Gasteiger partial charge is 0.239 e. The lowest BCUT2D eigenvalue weighted by Gasteiger charge is -2.17. The van der Waals surface area contributed by atoms with E-state index in [0.717, 1.165) is 17.4 Å². The average molecular weight is 236 g/mol. The van der Waals surface area contributed by atoms with E-state index >= 15 is 0 Å². The predicted octanol–water partition coefficient (Wildman–Crippen LogP) is 1.71. The average Bonchev–Trinajstić information content (AvgIpc) is 2.82. The Kier molecular flexibility index (Phi) is 3.24. The molecular weight excluding hydrogens is 216 g/mol. The Bertz CT molecular complexity index is 411. The summed E-state index contributed by atoms with van der Waals surface area (Å²) in [7, 11) is 1.74. The maximum atomic E-state index is 11.6. The molecule has 0 radical (unpaired) electrons. The van der Waals surface area contributed by atoms with Crippen LogP contribution in [-0.2, 0) is 11.3 Å². The number of amides is 1. The van der Waals surface area contributed by atoms with Crippen LogP contribution in [-0.4, -0.2) is 23.9 Å². The van der Waals surface area contributed by atoms with Gasteiger partial charge in [0.05, 0.1) is 12.6 Å². The second-order valence-corrected chi connectivity index (χ2v) is 5.11. The first-order chi connectivity index (χ1) is 7.99. The number of likely N-dealkylation sites (N-methyl/N-ethyl adjacent to an activating group) is 1. The lowest BCUT2D eigenvalue weighted by atomic mass is 10.3. The lowest BCUT2D eigenvalue weighted by Crippen LogP contribution is -2.39. The topological polar surface area (TPSA) is 59.5 Å². The van der Waals surface area contributed by atoms with E-state index in [2.05, 4.69) is 6.92 Å². The van der Waals surface area contributed by atoms with Gasteiger partial charge in [-0.3, -0.25) is 4.79 Å². The summed E-state index contributed by atoms with van der Waals surface area (Å²) in [5, 5.41) is 0. The van der Waals surface area contributed by atoms with Crippen LogP contribution in [0.5, 0.6) is 0 Å². The Labute approximate surface area is 102 Å². The molecule has 3 unspecified atom stereocenters. The molecule has 0 aliphatic heterocycles. The maximum Gasteiger partial charge on any atom is 0.239 e. The van der Waals surface area contributed by atoms with Crippen molar-refractivity contribution in [1.82, 2.24) is 4.90 Å². The van der Waals surface area contributed by atoms with E-state index in [1.807, 2.05) is 12.1 Å². The summed E-state index contributed by atoms with van der Waals surface area (Å²) in [6.45, 7) is 4.40. The van der Waals surface area contributed by atoms with Crippen LogP contribution in [0.25, 0.3) is 0 Å². The van der Waals surface area contributed by atoms with Crippen molar-refractivity contribution < 1.29 is 9.21 Å². The highest BCUT2D eigenvalue weighted by atomic mass is 16.3. The fourth-order valence-corrected chi connectivity index (χ4v) is 2.06. The van der Waals surface area contributed by atoms with Gasteiger partial charge in [0.1, 0.15) is 11.5 Å². The zero-order chi connectivity index (χ0) is 12.6. The summed E-state index contributed by atoms with van der Waals surface area (Å²) in [6.07, 6.45) is 1.21. The molecule has 1 aliphatic rings. The minimum atomic E-state index is -0.460. The van der Waals surface area contributed by atoms with Crippen LogP contribution in [0.1, 0.15) is 37.7 Å². The highest BCUT2D eigenvalue weighted by molar-refractivity contribution is 5.80. The first-order valence-corrected chi connectivity index (χ1v) is 6.08. The highest BCUT2D eigenvalue weighted by Crippen LogP contribution is 2.47. The zero-order valence-corrected chi connectivity index (χ0v) is 10.6. The molecule has 17 heavy (non-hydrogen) atoms. The Morgan fingerprint density at radius 2 is 2.29 bits per heavy atom. The Morgan fingerprint density at radius 1 is 1.65 bits per heavy atom. The molecule has 0 spiro atoms. The fraction of sp³-hybridized carbons (Fsp3) is 0.615. The maximum absolute atomic E-state index is 11.6. The molecule has 1 aromatic rings. The van der Waals surface area contributed by atoms with Crippen molar-refractivity contribution in [3.05, 3.63) is 23.7 Å². The minimum absolute atomic E-state index is 0.0669. The molecule has 0 saturated heterocycles. The molecule has 2 rings (SSSR count). The van der Waals surface area contributed by atoms with Crippen molar-refractivity contribution >= 4 is 5.91 Å². The van der Waals surface area contributed by atoms with Gasteiger partial charge in [-0.15, -0.1) is 0 Å².